The Morgan fingerprint density at radius 3 is 2.21 bits per heavy atom. The van der Waals surface area contributed by atoms with Crippen molar-refractivity contribution in [2.75, 3.05) is 52.8 Å². The van der Waals surface area contributed by atoms with Crippen molar-refractivity contribution in [1.29, 1.82) is 0 Å². The molecule has 9 nitrogen and oxygen atoms in total. The number of halogens is 2. The van der Waals surface area contributed by atoms with E-state index in [4.69, 9.17) is 9.47 Å². The summed E-state index contributed by atoms with van der Waals surface area (Å²) in [5.74, 6) is -2.66. The lowest BCUT2D eigenvalue weighted by Gasteiger charge is -2.32. The van der Waals surface area contributed by atoms with Crippen molar-refractivity contribution < 1.29 is 23.0 Å². The molecule has 1 fully saturated rings. The summed E-state index contributed by atoms with van der Waals surface area (Å²) >= 11 is 0. The van der Waals surface area contributed by atoms with Gasteiger partial charge in [-0.05, 0) is 25.2 Å². The minimum absolute atomic E-state index is 0.108. The molecule has 0 spiro atoms. The average Bonchev–Trinajstić information content (AvgIpc) is 2.95. The SMILES string of the molecule is COc1cc(OC)c(F)c(-c2ccc(C(=O)Nc3ccc(CN4CCN(C)CC4)nc3)c3nccnc23)c1F. The van der Waals surface area contributed by atoms with Gasteiger partial charge in [-0.1, -0.05) is 6.07 Å². The summed E-state index contributed by atoms with van der Waals surface area (Å²) in [7, 11) is 4.67. The van der Waals surface area contributed by atoms with Gasteiger partial charge in [0.25, 0.3) is 5.91 Å². The van der Waals surface area contributed by atoms with Gasteiger partial charge in [0.1, 0.15) is 5.52 Å². The van der Waals surface area contributed by atoms with Gasteiger partial charge in [0.15, 0.2) is 23.1 Å². The maximum absolute atomic E-state index is 15.2. The molecule has 3 heterocycles. The fourth-order valence-electron chi connectivity index (χ4n) is 4.59. The summed E-state index contributed by atoms with van der Waals surface area (Å²) in [6.45, 7) is 4.75. The molecule has 1 amide bonds. The van der Waals surface area contributed by atoms with Gasteiger partial charge < -0.3 is 19.7 Å². The van der Waals surface area contributed by atoms with Crippen molar-refractivity contribution in [3.8, 4) is 22.6 Å². The number of benzene rings is 2. The number of methoxy groups -OCH3 is 2. The number of nitrogens with zero attached hydrogens (tertiary/aromatic N) is 5. The van der Waals surface area contributed by atoms with E-state index in [1.807, 2.05) is 6.07 Å². The summed E-state index contributed by atoms with van der Waals surface area (Å²) in [4.78, 5) is 31.0. The summed E-state index contributed by atoms with van der Waals surface area (Å²) in [5.41, 5.74) is 1.68. The number of hydrogen-bond donors (Lipinski definition) is 1. The molecule has 0 bridgehead atoms. The Hall–Kier alpha value is -4.22. The summed E-state index contributed by atoms with van der Waals surface area (Å²) in [6, 6.07) is 7.71. The van der Waals surface area contributed by atoms with Crippen LogP contribution in [0.5, 0.6) is 11.5 Å². The maximum Gasteiger partial charge on any atom is 0.257 e. The number of amides is 1. The molecule has 5 rings (SSSR count). The van der Waals surface area contributed by atoms with Gasteiger partial charge in [-0.15, -0.1) is 0 Å². The molecule has 0 atom stereocenters. The van der Waals surface area contributed by atoms with Crippen molar-refractivity contribution >= 4 is 22.6 Å². The van der Waals surface area contributed by atoms with E-state index < -0.39 is 17.5 Å². The Labute approximate surface area is 224 Å². The predicted octanol–water partition coefficient (Wildman–Crippen LogP) is 3.99. The summed E-state index contributed by atoms with van der Waals surface area (Å²) < 4.78 is 40.6. The zero-order valence-electron chi connectivity index (χ0n) is 21.9. The average molecular weight is 535 g/mol. The topological polar surface area (TPSA) is 92.7 Å². The number of ether oxygens (including phenoxy) is 2. The zero-order chi connectivity index (χ0) is 27.5. The van der Waals surface area contributed by atoms with Crippen LogP contribution < -0.4 is 14.8 Å². The van der Waals surface area contributed by atoms with Gasteiger partial charge >= 0.3 is 0 Å². The molecule has 0 radical (unpaired) electrons. The number of fused-ring (bicyclic) bond motifs is 1. The first-order chi connectivity index (χ1) is 18.9. The fraction of sp³-hybridized carbons (Fsp3) is 0.286. The third-order valence-corrected chi connectivity index (χ3v) is 6.78. The van der Waals surface area contributed by atoms with Crippen LogP contribution in [0, 0.1) is 11.6 Å². The molecule has 0 aliphatic carbocycles. The number of carbonyl (C=O) groups excluding carboxylic acids is 1. The smallest absolute Gasteiger partial charge is 0.257 e. The first kappa shape index (κ1) is 26.4. The van der Waals surface area contributed by atoms with Crippen LogP contribution in [0.4, 0.5) is 14.5 Å². The lowest BCUT2D eigenvalue weighted by atomic mass is 9.98. The highest BCUT2D eigenvalue weighted by Crippen LogP contribution is 2.40. The molecule has 1 N–H and O–H groups in total. The van der Waals surface area contributed by atoms with E-state index in [-0.39, 0.29) is 39.2 Å². The minimum Gasteiger partial charge on any atom is -0.494 e. The highest BCUT2D eigenvalue weighted by molar-refractivity contribution is 6.13. The predicted molar refractivity (Wildman–Crippen MR) is 143 cm³/mol. The Bertz CT molecular complexity index is 1480. The second-order valence-electron chi connectivity index (χ2n) is 9.27. The number of anilines is 1. The number of likely N-dealkylation sites (N-methyl/N-ethyl adjacent to an activating group) is 1. The van der Waals surface area contributed by atoms with E-state index in [9.17, 15) is 4.79 Å². The highest BCUT2D eigenvalue weighted by Gasteiger charge is 2.25. The van der Waals surface area contributed by atoms with Crippen LogP contribution in [0.25, 0.3) is 22.2 Å². The van der Waals surface area contributed by atoms with Crippen molar-refractivity contribution in [3.05, 3.63) is 71.8 Å². The quantitative estimate of drug-likeness (QED) is 0.381. The molecule has 0 saturated carbocycles. The summed E-state index contributed by atoms with van der Waals surface area (Å²) in [5, 5.41) is 2.83. The van der Waals surface area contributed by atoms with Crippen LogP contribution in [0.2, 0.25) is 0 Å². The van der Waals surface area contributed by atoms with Gasteiger partial charge in [0.2, 0.25) is 0 Å². The lowest BCUT2D eigenvalue weighted by Crippen LogP contribution is -2.43. The maximum atomic E-state index is 15.2. The van der Waals surface area contributed by atoms with E-state index in [2.05, 4.69) is 37.1 Å². The van der Waals surface area contributed by atoms with Gasteiger partial charge in [-0.3, -0.25) is 24.6 Å². The molecule has 0 unspecified atom stereocenters. The molecule has 11 heteroatoms. The second-order valence-corrected chi connectivity index (χ2v) is 9.27. The zero-order valence-corrected chi connectivity index (χ0v) is 21.9. The third-order valence-electron chi connectivity index (χ3n) is 6.78. The number of carbonyl (C=O) groups is 1. The minimum atomic E-state index is -0.914. The molecule has 1 aliphatic rings. The molecule has 202 valence electrons. The van der Waals surface area contributed by atoms with E-state index in [0.717, 1.165) is 44.5 Å². The highest BCUT2D eigenvalue weighted by atomic mass is 19.1. The largest absolute Gasteiger partial charge is 0.494 e. The molecule has 39 heavy (non-hydrogen) atoms. The lowest BCUT2D eigenvalue weighted by molar-refractivity contribution is 0.102. The number of rotatable bonds is 7. The van der Waals surface area contributed by atoms with Crippen LogP contribution in [0.1, 0.15) is 16.1 Å². The van der Waals surface area contributed by atoms with E-state index in [1.165, 1.54) is 38.7 Å². The van der Waals surface area contributed by atoms with Crippen molar-refractivity contribution in [2.45, 2.75) is 6.54 Å². The van der Waals surface area contributed by atoms with Gasteiger partial charge in [0, 0.05) is 56.7 Å². The molecule has 1 aliphatic heterocycles. The Morgan fingerprint density at radius 2 is 1.59 bits per heavy atom. The van der Waals surface area contributed by atoms with Crippen LogP contribution >= 0.6 is 0 Å². The Balaban J connectivity index is 1.42. The van der Waals surface area contributed by atoms with Crippen LogP contribution in [-0.4, -0.2) is 78.1 Å². The number of hydrogen-bond acceptors (Lipinski definition) is 8. The third kappa shape index (κ3) is 5.36. The Morgan fingerprint density at radius 1 is 0.923 bits per heavy atom. The molecular formula is C28H28F2N6O3. The van der Waals surface area contributed by atoms with Gasteiger partial charge in [0.05, 0.1) is 48.4 Å². The molecule has 4 aromatic rings. The molecule has 1 saturated heterocycles. The number of pyridine rings is 1. The molecule has 2 aromatic heterocycles. The molecular weight excluding hydrogens is 506 g/mol. The van der Waals surface area contributed by atoms with Crippen LogP contribution in [-0.2, 0) is 6.54 Å². The van der Waals surface area contributed by atoms with Gasteiger partial charge in [-0.25, -0.2) is 8.78 Å². The molecule has 2 aromatic carbocycles. The van der Waals surface area contributed by atoms with Crippen LogP contribution in [0.15, 0.2) is 48.9 Å². The van der Waals surface area contributed by atoms with Crippen molar-refractivity contribution in [2.24, 2.45) is 0 Å². The monoisotopic (exact) mass is 534 g/mol. The van der Waals surface area contributed by atoms with Crippen molar-refractivity contribution in [3.63, 3.8) is 0 Å². The van der Waals surface area contributed by atoms with Crippen molar-refractivity contribution in [1.82, 2.24) is 24.8 Å². The number of piperazine rings is 1. The van der Waals surface area contributed by atoms with E-state index in [1.54, 1.807) is 12.3 Å². The second kappa shape index (κ2) is 11.3. The normalized spacial score (nSPS) is 14.4. The number of aromatic nitrogens is 3. The standard InChI is InChI=1S/C28H28F2N6O3/c1-35-10-12-36(13-11-35)16-18-5-4-17(15-33-18)34-28(37)20-7-6-19(26-27(20)32-9-8-31-26)23-24(29)21(38-2)14-22(39-3)25(23)30/h4-9,14-15H,10-13,16H2,1-3H3,(H,34,37). The van der Waals surface area contributed by atoms with Crippen LogP contribution in [0.3, 0.4) is 0 Å². The first-order valence-electron chi connectivity index (χ1n) is 12.4. The van der Waals surface area contributed by atoms with Gasteiger partial charge in [-0.2, -0.15) is 0 Å². The van der Waals surface area contributed by atoms with E-state index in [0.29, 0.717) is 5.69 Å². The fourth-order valence-corrected chi connectivity index (χ4v) is 4.59. The van der Waals surface area contributed by atoms with E-state index >= 15 is 8.78 Å². The number of nitrogens with one attached hydrogen (secondary N) is 1. The summed E-state index contributed by atoms with van der Waals surface area (Å²) in [6.07, 6.45) is 4.42. The Kier molecular flexibility index (Phi) is 7.62. The first-order valence-corrected chi connectivity index (χ1v) is 12.4.